The largest absolute Gasteiger partial charge is 0.479 e. The molecule has 17 heavy (non-hydrogen) atoms. The maximum absolute atomic E-state index is 13.3. The fourth-order valence-electron chi connectivity index (χ4n) is 1.33. The smallest absolute Gasteiger partial charge is 0.421 e. The van der Waals surface area contributed by atoms with Crippen LogP contribution in [-0.2, 0) is 10.3 Å². The first kappa shape index (κ1) is 13.4. The second kappa shape index (κ2) is 3.99. The zero-order valence-electron chi connectivity index (χ0n) is 8.68. The molecule has 0 heterocycles. The fourth-order valence-corrected chi connectivity index (χ4v) is 1.33. The third kappa shape index (κ3) is 2.10. The SMILES string of the molecule is Cc1ccc(F)c(C(N)(C(=O)O)C(F)(F)F)c1. The summed E-state index contributed by atoms with van der Waals surface area (Å²) < 4.78 is 51.4. The predicted molar refractivity (Wildman–Crippen MR) is 50.7 cm³/mol. The van der Waals surface area contributed by atoms with Crippen molar-refractivity contribution in [3.8, 4) is 0 Å². The van der Waals surface area contributed by atoms with Crippen molar-refractivity contribution < 1.29 is 27.5 Å². The first-order valence-electron chi connectivity index (χ1n) is 4.46. The van der Waals surface area contributed by atoms with Gasteiger partial charge in [0.1, 0.15) is 5.82 Å². The van der Waals surface area contributed by atoms with Crippen molar-refractivity contribution in [1.82, 2.24) is 0 Å². The molecular formula is C10H9F4NO2. The average Bonchev–Trinajstić information content (AvgIpc) is 2.18. The van der Waals surface area contributed by atoms with Crippen molar-refractivity contribution in [2.24, 2.45) is 5.73 Å². The molecule has 0 fully saturated rings. The molecule has 0 bridgehead atoms. The summed E-state index contributed by atoms with van der Waals surface area (Å²) in [4.78, 5) is 10.7. The second-order valence-electron chi connectivity index (χ2n) is 3.59. The molecule has 0 amide bonds. The maximum Gasteiger partial charge on any atom is 0.421 e. The van der Waals surface area contributed by atoms with Crippen LogP contribution in [0.4, 0.5) is 17.6 Å². The van der Waals surface area contributed by atoms with Gasteiger partial charge in [-0.15, -0.1) is 0 Å². The molecule has 0 aliphatic rings. The molecule has 1 aromatic rings. The zero-order chi connectivity index (χ0) is 13.4. The Morgan fingerprint density at radius 1 is 1.35 bits per heavy atom. The molecule has 0 saturated carbocycles. The number of hydrogen-bond acceptors (Lipinski definition) is 2. The number of halogens is 4. The summed E-state index contributed by atoms with van der Waals surface area (Å²) >= 11 is 0. The van der Waals surface area contributed by atoms with Crippen molar-refractivity contribution in [2.75, 3.05) is 0 Å². The molecule has 3 N–H and O–H groups in total. The van der Waals surface area contributed by atoms with Crippen LogP contribution in [0.15, 0.2) is 18.2 Å². The van der Waals surface area contributed by atoms with E-state index in [1.807, 2.05) is 0 Å². The molecule has 0 spiro atoms. The Balaban J connectivity index is 3.54. The van der Waals surface area contributed by atoms with E-state index in [4.69, 9.17) is 10.8 Å². The van der Waals surface area contributed by atoms with Gasteiger partial charge in [-0.25, -0.2) is 9.18 Å². The average molecular weight is 251 g/mol. The van der Waals surface area contributed by atoms with Crippen molar-refractivity contribution >= 4 is 5.97 Å². The van der Waals surface area contributed by atoms with Gasteiger partial charge in [-0.2, -0.15) is 13.2 Å². The normalized spacial score (nSPS) is 15.4. The van der Waals surface area contributed by atoms with Crippen LogP contribution in [0.5, 0.6) is 0 Å². The van der Waals surface area contributed by atoms with Crippen molar-refractivity contribution in [3.63, 3.8) is 0 Å². The fraction of sp³-hybridized carbons (Fsp3) is 0.300. The van der Waals surface area contributed by atoms with E-state index in [1.54, 1.807) is 0 Å². The molecular weight excluding hydrogens is 242 g/mol. The quantitative estimate of drug-likeness (QED) is 0.789. The van der Waals surface area contributed by atoms with E-state index >= 15 is 0 Å². The highest BCUT2D eigenvalue weighted by molar-refractivity contribution is 5.81. The maximum atomic E-state index is 13.3. The number of rotatable bonds is 2. The predicted octanol–water partition coefficient (Wildman–Crippen LogP) is 1.94. The number of hydrogen-bond donors (Lipinski definition) is 2. The number of aryl methyl sites for hydroxylation is 1. The molecule has 1 atom stereocenters. The van der Waals surface area contributed by atoms with Crippen LogP contribution in [0.1, 0.15) is 11.1 Å². The standard InChI is InChI=1S/C10H9F4NO2/c1-5-2-3-7(11)6(4-5)9(15,8(16)17)10(12,13)14/h2-4H,15H2,1H3,(H,16,17). The van der Waals surface area contributed by atoms with Crippen LogP contribution < -0.4 is 5.73 Å². The van der Waals surface area contributed by atoms with E-state index in [-0.39, 0.29) is 5.56 Å². The summed E-state index contributed by atoms with van der Waals surface area (Å²) in [5.74, 6) is -3.66. The van der Waals surface area contributed by atoms with Gasteiger partial charge < -0.3 is 10.8 Å². The molecule has 0 aliphatic carbocycles. The minimum absolute atomic E-state index is 0.279. The monoisotopic (exact) mass is 251 g/mol. The van der Waals surface area contributed by atoms with Gasteiger partial charge in [-0.1, -0.05) is 17.7 Å². The molecule has 1 aromatic carbocycles. The Morgan fingerprint density at radius 3 is 2.29 bits per heavy atom. The topological polar surface area (TPSA) is 63.3 Å². The highest BCUT2D eigenvalue weighted by Gasteiger charge is 2.60. The molecule has 7 heteroatoms. The van der Waals surface area contributed by atoms with E-state index in [1.165, 1.54) is 13.0 Å². The molecule has 0 aromatic heterocycles. The minimum atomic E-state index is -5.30. The number of nitrogens with two attached hydrogens (primary N) is 1. The van der Waals surface area contributed by atoms with E-state index in [0.29, 0.717) is 0 Å². The Labute approximate surface area is 93.8 Å². The number of benzene rings is 1. The molecule has 94 valence electrons. The molecule has 0 aliphatic heterocycles. The van der Waals surface area contributed by atoms with E-state index in [9.17, 15) is 22.4 Å². The van der Waals surface area contributed by atoms with E-state index in [2.05, 4.69) is 0 Å². The van der Waals surface area contributed by atoms with E-state index < -0.39 is 29.1 Å². The van der Waals surface area contributed by atoms with Crippen molar-refractivity contribution in [1.29, 1.82) is 0 Å². The molecule has 0 radical (unpaired) electrons. The lowest BCUT2D eigenvalue weighted by atomic mass is 9.89. The van der Waals surface area contributed by atoms with Crippen LogP contribution in [0.3, 0.4) is 0 Å². The summed E-state index contributed by atoms with van der Waals surface area (Å²) in [7, 11) is 0. The first-order valence-corrected chi connectivity index (χ1v) is 4.46. The molecule has 3 nitrogen and oxygen atoms in total. The van der Waals surface area contributed by atoms with Crippen molar-refractivity contribution in [2.45, 2.75) is 18.6 Å². The summed E-state index contributed by atoms with van der Waals surface area (Å²) in [5.41, 5.74) is 0.277. The van der Waals surface area contributed by atoms with Gasteiger partial charge in [0, 0.05) is 5.56 Å². The van der Waals surface area contributed by atoms with Gasteiger partial charge in [-0.3, -0.25) is 0 Å². The summed E-state index contributed by atoms with van der Waals surface area (Å²) in [6, 6.07) is 2.75. The lowest BCUT2D eigenvalue weighted by Gasteiger charge is -2.28. The number of carboxylic acid groups (broad SMARTS) is 1. The van der Waals surface area contributed by atoms with Crippen LogP contribution in [0, 0.1) is 12.7 Å². The third-order valence-corrected chi connectivity index (χ3v) is 2.33. The molecule has 1 unspecified atom stereocenters. The van der Waals surface area contributed by atoms with Crippen LogP contribution >= 0.6 is 0 Å². The van der Waals surface area contributed by atoms with Crippen LogP contribution in [0.2, 0.25) is 0 Å². The minimum Gasteiger partial charge on any atom is -0.479 e. The second-order valence-corrected chi connectivity index (χ2v) is 3.59. The summed E-state index contributed by atoms with van der Waals surface area (Å²) in [6.07, 6.45) is -5.30. The highest BCUT2D eigenvalue weighted by atomic mass is 19.4. The Bertz CT molecular complexity index is 458. The highest BCUT2D eigenvalue weighted by Crippen LogP contribution is 2.38. The van der Waals surface area contributed by atoms with Gasteiger partial charge in [0.2, 0.25) is 5.54 Å². The van der Waals surface area contributed by atoms with Gasteiger partial charge in [0.25, 0.3) is 0 Å². The summed E-state index contributed by atoms with van der Waals surface area (Å²) in [6.45, 7) is 1.40. The van der Waals surface area contributed by atoms with Gasteiger partial charge in [0.05, 0.1) is 0 Å². The van der Waals surface area contributed by atoms with Crippen molar-refractivity contribution in [3.05, 3.63) is 35.1 Å². The lowest BCUT2D eigenvalue weighted by Crippen LogP contribution is -2.57. The molecule has 1 rings (SSSR count). The number of carbonyl (C=O) groups is 1. The summed E-state index contributed by atoms with van der Waals surface area (Å²) in [5, 5.41) is 8.63. The Morgan fingerprint density at radius 2 is 1.88 bits per heavy atom. The van der Waals surface area contributed by atoms with E-state index in [0.717, 1.165) is 12.1 Å². The lowest BCUT2D eigenvalue weighted by molar-refractivity contribution is -0.205. The van der Waals surface area contributed by atoms with Gasteiger partial charge >= 0.3 is 12.1 Å². The number of carboxylic acids is 1. The third-order valence-electron chi connectivity index (χ3n) is 2.33. The Kier molecular flexibility index (Phi) is 3.15. The van der Waals surface area contributed by atoms with Crippen LogP contribution in [0.25, 0.3) is 0 Å². The van der Waals surface area contributed by atoms with Crippen LogP contribution in [-0.4, -0.2) is 17.3 Å². The Hall–Kier alpha value is -1.63. The number of alkyl halides is 3. The zero-order valence-corrected chi connectivity index (χ0v) is 8.68. The first-order chi connectivity index (χ1) is 7.60. The molecule has 0 saturated heterocycles. The van der Waals surface area contributed by atoms with Gasteiger partial charge in [-0.05, 0) is 13.0 Å². The number of aliphatic carboxylic acids is 1. The van der Waals surface area contributed by atoms with Gasteiger partial charge in [0.15, 0.2) is 0 Å².